The maximum atomic E-state index is 12.3. The Morgan fingerprint density at radius 1 is 1.19 bits per heavy atom. The van der Waals surface area contributed by atoms with Gasteiger partial charge in [0.2, 0.25) is 11.9 Å². The van der Waals surface area contributed by atoms with Crippen molar-refractivity contribution in [3.63, 3.8) is 0 Å². The second-order valence-electron chi connectivity index (χ2n) is 9.53. The first-order valence-electron chi connectivity index (χ1n) is 12.7. The minimum atomic E-state index is -0.672. The van der Waals surface area contributed by atoms with Crippen LogP contribution in [0.2, 0.25) is 0 Å². The average Bonchev–Trinajstić information content (AvgIpc) is 2.88. The third kappa shape index (κ3) is 5.77. The summed E-state index contributed by atoms with van der Waals surface area (Å²) in [7, 11) is 0. The van der Waals surface area contributed by atoms with Crippen molar-refractivity contribution in [2.45, 2.75) is 19.1 Å². The van der Waals surface area contributed by atoms with E-state index in [9.17, 15) is 9.90 Å². The maximum absolute atomic E-state index is 12.3. The first-order valence-corrected chi connectivity index (χ1v) is 14.1. The zero-order valence-corrected chi connectivity index (χ0v) is 21.6. The first kappa shape index (κ1) is 24.9. The highest BCUT2D eigenvalue weighted by atomic mass is 32.2. The fourth-order valence-corrected chi connectivity index (χ4v) is 5.15. The Morgan fingerprint density at radius 2 is 1.97 bits per heavy atom. The number of aliphatic hydroxyl groups excluding tert-OH is 1. The Morgan fingerprint density at radius 3 is 2.67 bits per heavy atom. The summed E-state index contributed by atoms with van der Waals surface area (Å²) in [5.41, 5.74) is 2.97. The Labute approximate surface area is 217 Å². The number of rotatable bonds is 9. The van der Waals surface area contributed by atoms with Crippen LogP contribution in [0.4, 0.5) is 23.1 Å². The highest BCUT2D eigenvalue weighted by molar-refractivity contribution is 7.98. The van der Waals surface area contributed by atoms with Crippen molar-refractivity contribution in [1.29, 1.82) is 0 Å². The Kier molecular flexibility index (Phi) is 7.93. The molecule has 0 radical (unpaired) electrons. The molecule has 3 aliphatic heterocycles. The van der Waals surface area contributed by atoms with E-state index in [1.54, 1.807) is 24.0 Å². The first-order chi connectivity index (χ1) is 17.6. The predicted octanol–water partition coefficient (Wildman–Crippen LogP) is 2.38. The lowest BCUT2D eigenvalue weighted by molar-refractivity contribution is -0.131. The van der Waals surface area contributed by atoms with Crippen LogP contribution < -0.4 is 20.4 Å². The topological polar surface area (TPSA) is 96.9 Å². The van der Waals surface area contributed by atoms with E-state index in [2.05, 4.69) is 32.7 Å². The largest absolute Gasteiger partial charge is 0.370 e. The molecule has 3 aliphatic rings. The number of benzene rings is 1. The predicted molar refractivity (Wildman–Crippen MR) is 147 cm³/mol. The molecule has 192 valence electrons. The molecule has 4 heterocycles. The van der Waals surface area contributed by atoms with Crippen LogP contribution in [0.15, 0.2) is 36.5 Å². The van der Waals surface area contributed by atoms with Crippen LogP contribution >= 0.6 is 11.8 Å². The smallest absolute Gasteiger partial charge is 0.229 e. The number of hydrogen-bond donors (Lipinski definition) is 3. The number of hydrogen-bond acceptors (Lipinski definition) is 9. The van der Waals surface area contributed by atoms with E-state index in [-0.39, 0.29) is 5.91 Å². The number of carbonyl (C=O) groups excluding carboxylic acids is 1. The van der Waals surface area contributed by atoms with Crippen molar-refractivity contribution in [3.05, 3.63) is 42.1 Å². The van der Waals surface area contributed by atoms with Crippen molar-refractivity contribution in [3.8, 4) is 0 Å². The van der Waals surface area contributed by atoms with Gasteiger partial charge in [0.25, 0.3) is 0 Å². The number of thioether (sulfide) groups is 1. The summed E-state index contributed by atoms with van der Waals surface area (Å²) < 4.78 is 0. The maximum Gasteiger partial charge on any atom is 0.229 e. The summed E-state index contributed by atoms with van der Waals surface area (Å²) in [5.74, 6) is 3.07. The van der Waals surface area contributed by atoms with Gasteiger partial charge in [-0.15, -0.1) is 0 Å². The third-order valence-corrected chi connectivity index (χ3v) is 7.73. The number of aliphatic hydroxyl groups is 1. The van der Waals surface area contributed by atoms with Gasteiger partial charge in [0.15, 0.2) is 0 Å². The number of carbonyl (C=O) groups is 1. The van der Waals surface area contributed by atoms with Crippen LogP contribution in [0.1, 0.15) is 18.4 Å². The molecule has 2 saturated heterocycles. The van der Waals surface area contributed by atoms with Gasteiger partial charge in [-0.2, -0.15) is 16.7 Å². The molecule has 0 aliphatic carbocycles. The number of nitrogens with one attached hydrogen (secondary N) is 2. The van der Waals surface area contributed by atoms with E-state index in [0.29, 0.717) is 18.3 Å². The highest BCUT2D eigenvalue weighted by Crippen LogP contribution is 2.29. The second-order valence-corrected chi connectivity index (χ2v) is 10.5. The molecule has 2 aromatic rings. The lowest BCUT2D eigenvalue weighted by atomic mass is 9.99. The van der Waals surface area contributed by atoms with Gasteiger partial charge in [-0.1, -0.05) is 0 Å². The van der Waals surface area contributed by atoms with Gasteiger partial charge in [-0.25, -0.2) is 4.98 Å². The summed E-state index contributed by atoms with van der Waals surface area (Å²) in [5, 5.41) is 17.2. The summed E-state index contributed by atoms with van der Waals surface area (Å²) in [4.78, 5) is 27.8. The molecule has 0 spiro atoms. The quantitative estimate of drug-likeness (QED) is 0.471. The zero-order valence-electron chi connectivity index (χ0n) is 20.8. The highest BCUT2D eigenvalue weighted by Gasteiger charge is 2.26. The molecular formula is C26H35N7O2S. The number of aromatic nitrogens is 2. The molecular weight excluding hydrogens is 474 g/mol. The molecule has 1 aromatic heterocycles. The molecule has 3 N–H and O–H groups in total. The van der Waals surface area contributed by atoms with Gasteiger partial charge in [0.05, 0.1) is 0 Å². The van der Waals surface area contributed by atoms with Crippen molar-refractivity contribution >= 4 is 46.9 Å². The lowest BCUT2D eigenvalue weighted by Gasteiger charge is -2.36. The van der Waals surface area contributed by atoms with E-state index in [0.717, 1.165) is 80.7 Å². The summed E-state index contributed by atoms with van der Waals surface area (Å²) in [6.07, 6.45) is 8.48. The fourth-order valence-electron chi connectivity index (χ4n) is 4.77. The van der Waals surface area contributed by atoms with Gasteiger partial charge in [-0.3, -0.25) is 4.79 Å². The normalized spacial score (nSPS) is 19.7. The van der Waals surface area contributed by atoms with Gasteiger partial charge < -0.3 is 30.4 Å². The zero-order chi connectivity index (χ0) is 24.9. The van der Waals surface area contributed by atoms with Crippen molar-refractivity contribution in [2.24, 2.45) is 5.92 Å². The lowest BCUT2D eigenvalue weighted by Crippen LogP contribution is -2.48. The molecule has 1 atom stereocenters. The van der Waals surface area contributed by atoms with Gasteiger partial charge in [-0.05, 0) is 68.1 Å². The number of nitrogens with zero attached hydrogens (tertiary/aromatic N) is 5. The van der Waals surface area contributed by atoms with Crippen LogP contribution in [-0.2, 0) is 4.79 Å². The Bertz CT molecular complexity index is 1070. The van der Waals surface area contributed by atoms with Gasteiger partial charge in [0.1, 0.15) is 12.0 Å². The molecule has 5 rings (SSSR count). The number of amides is 1. The van der Waals surface area contributed by atoms with E-state index >= 15 is 0 Å². The Hall–Kier alpha value is -2.82. The van der Waals surface area contributed by atoms with Crippen LogP contribution in [0.5, 0.6) is 0 Å². The summed E-state index contributed by atoms with van der Waals surface area (Å²) in [6, 6.07) is 8.25. The number of anilines is 4. The molecule has 9 nitrogen and oxygen atoms in total. The van der Waals surface area contributed by atoms with Gasteiger partial charge >= 0.3 is 0 Å². The minimum absolute atomic E-state index is 0.259. The molecule has 0 bridgehead atoms. The van der Waals surface area contributed by atoms with E-state index < -0.39 is 6.23 Å². The molecule has 1 amide bonds. The molecule has 1 unspecified atom stereocenters. The molecule has 1 aromatic carbocycles. The standard InChI is InChI=1S/C26H35N7O2S/c1-36-15-9-23(34)32-13-11-31(12-14-32)22-5-3-21(4-6-22)29-26-28-18-20-2-7-24(35)33(25(20)30-26)10-8-19-16-27-17-19/h2-7,18-19,24,27,35H,8-17H2,1H3,(H,28,29,30). The minimum Gasteiger partial charge on any atom is -0.370 e. The van der Waals surface area contributed by atoms with Gasteiger partial charge in [0, 0.05) is 68.0 Å². The second kappa shape index (κ2) is 11.5. The summed E-state index contributed by atoms with van der Waals surface area (Å²) in [6.45, 7) is 6.07. The van der Waals surface area contributed by atoms with E-state index in [4.69, 9.17) is 4.98 Å². The van der Waals surface area contributed by atoms with E-state index in [1.165, 1.54) is 0 Å². The van der Waals surface area contributed by atoms with Crippen LogP contribution in [0, 0.1) is 5.92 Å². The monoisotopic (exact) mass is 509 g/mol. The number of fused-ring (bicyclic) bond motifs is 1. The molecule has 36 heavy (non-hydrogen) atoms. The SMILES string of the molecule is CSCCC(=O)N1CCN(c2ccc(Nc3ncc4c(n3)N(CCC3CNC3)C(O)C=C4)cc2)CC1. The van der Waals surface area contributed by atoms with Crippen LogP contribution in [-0.4, -0.2) is 89.9 Å². The van der Waals surface area contributed by atoms with E-state index in [1.807, 2.05) is 34.3 Å². The number of piperazine rings is 1. The molecule has 10 heteroatoms. The fraction of sp³-hybridized carbons (Fsp3) is 0.500. The van der Waals surface area contributed by atoms with Crippen LogP contribution in [0.25, 0.3) is 6.08 Å². The van der Waals surface area contributed by atoms with Crippen molar-refractivity contribution in [1.82, 2.24) is 20.2 Å². The Balaban J connectivity index is 1.19. The summed E-state index contributed by atoms with van der Waals surface area (Å²) >= 11 is 1.71. The van der Waals surface area contributed by atoms with Crippen molar-refractivity contribution in [2.75, 3.05) is 72.9 Å². The third-order valence-electron chi connectivity index (χ3n) is 7.12. The van der Waals surface area contributed by atoms with Crippen LogP contribution in [0.3, 0.4) is 0 Å². The molecule has 2 fully saturated rings. The van der Waals surface area contributed by atoms with Crippen molar-refractivity contribution < 1.29 is 9.90 Å². The molecule has 0 saturated carbocycles. The average molecular weight is 510 g/mol.